The number of rotatable bonds is 1. The summed E-state index contributed by atoms with van der Waals surface area (Å²) in [5.41, 5.74) is 4.45. The Morgan fingerprint density at radius 3 is 2.87 bits per heavy atom. The van der Waals surface area contributed by atoms with Crippen LogP contribution in [0.3, 0.4) is 0 Å². The van der Waals surface area contributed by atoms with E-state index < -0.39 is 0 Å². The van der Waals surface area contributed by atoms with Gasteiger partial charge in [0.15, 0.2) is 0 Å². The van der Waals surface area contributed by atoms with E-state index in [2.05, 4.69) is 40.6 Å². The molecule has 1 aromatic carbocycles. The third-order valence-electron chi connectivity index (χ3n) is 3.28. The minimum Gasteiger partial charge on any atom is -0.364 e. The molecule has 0 spiro atoms. The van der Waals surface area contributed by atoms with E-state index in [9.17, 15) is 0 Å². The van der Waals surface area contributed by atoms with E-state index in [1.807, 2.05) is 0 Å². The Kier molecular flexibility index (Phi) is 2.22. The van der Waals surface area contributed by atoms with Crippen molar-refractivity contribution in [3.05, 3.63) is 41.5 Å². The number of benzene rings is 1. The molecule has 0 saturated carbocycles. The van der Waals surface area contributed by atoms with Crippen LogP contribution in [-0.4, -0.2) is 19.6 Å². The molecule has 0 unspecified atom stereocenters. The van der Waals surface area contributed by atoms with E-state index in [0.717, 1.165) is 26.2 Å². The summed E-state index contributed by atoms with van der Waals surface area (Å²) in [7, 11) is 0. The van der Waals surface area contributed by atoms with Crippen LogP contribution in [0.4, 0.5) is 5.69 Å². The van der Waals surface area contributed by atoms with Gasteiger partial charge in [-0.25, -0.2) is 0 Å². The highest BCUT2D eigenvalue weighted by Gasteiger charge is 2.16. The van der Waals surface area contributed by atoms with Crippen LogP contribution in [0, 0.1) is 0 Å². The standard InChI is InChI=1S/C13H16N2/c1-2-9-15(8-1)13-5-3-4-11-6-7-14-10-12(11)13/h1-5,14H,6-10H2. The van der Waals surface area contributed by atoms with E-state index in [1.165, 1.54) is 23.2 Å². The normalized spacial score (nSPS) is 19.3. The zero-order valence-electron chi connectivity index (χ0n) is 8.87. The Morgan fingerprint density at radius 1 is 1.13 bits per heavy atom. The van der Waals surface area contributed by atoms with Crippen molar-refractivity contribution >= 4 is 5.69 Å². The summed E-state index contributed by atoms with van der Waals surface area (Å²) in [6, 6.07) is 6.71. The lowest BCUT2D eigenvalue weighted by Gasteiger charge is -2.26. The molecule has 3 rings (SSSR count). The summed E-state index contributed by atoms with van der Waals surface area (Å²) >= 11 is 0. The minimum atomic E-state index is 1.03. The van der Waals surface area contributed by atoms with Crippen LogP contribution in [0.15, 0.2) is 30.4 Å². The van der Waals surface area contributed by atoms with Crippen LogP contribution in [0.1, 0.15) is 11.1 Å². The first-order valence-corrected chi connectivity index (χ1v) is 5.66. The molecule has 2 heterocycles. The number of nitrogens with one attached hydrogen (secondary N) is 1. The van der Waals surface area contributed by atoms with E-state index in [1.54, 1.807) is 0 Å². The van der Waals surface area contributed by atoms with Gasteiger partial charge in [0.25, 0.3) is 0 Å². The van der Waals surface area contributed by atoms with Gasteiger partial charge in [0.2, 0.25) is 0 Å². The van der Waals surface area contributed by atoms with Crippen molar-refractivity contribution in [2.75, 3.05) is 24.5 Å². The van der Waals surface area contributed by atoms with Gasteiger partial charge in [-0.05, 0) is 30.2 Å². The minimum absolute atomic E-state index is 1.03. The van der Waals surface area contributed by atoms with E-state index in [-0.39, 0.29) is 0 Å². The SMILES string of the molecule is C1=CCN(c2cccc3c2CNCC3)C1. The second kappa shape index (κ2) is 3.70. The zero-order chi connectivity index (χ0) is 10.1. The number of hydrogen-bond donors (Lipinski definition) is 1. The van der Waals surface area contributed by atoms with E-state index in [4.69, 9.17) is 0 Å². The summed E-state index contributed by atoms with van der Waals surface area (Å²) in [5.74, 6) is 0. The van der Waals surface area contributed by atoms with Crippen molar-refractivity contribution in [3.63, 3.8) is 0 Å². The predicted octanol–water partition coefficient (Wildman–Crippen LogP) is 1.71. The van der Waals surface area contributed by atoms with Crippen molar-refractivity contribution in [1.82, 2.24) is 5.32 Å². The molecule has 0 radical (unpaired) electrons. The smallest absolute Gasteiger partial charge is 0.0420 e. The van der Waals surface area contributed by atoms with Crippen LogP contribution in [0.2, 0.25) is 0 Å². The van der Waals surface area contributed by atoms with Crippen LogP contribution in [0.25, 0.3) is 0 Å². The maximum atomic E-state index is 3.46. The summed E-state index contributed by atoms with van der Waals surface area (Å²) in [6.45, 7) is 4.28. The molecule has 0 atom stereocenters. The maximum Gasteiger partial charge on any atom is 0.0420 e. The van der Waals surface area contributed by atoms with Crippen molar-refractivity contribution in [2.45, 2.75) is 13.0 Å². The van der Waals surface area contributed by atoms with Gasteiger partial charge in [-0.15, -0.1) is 0 Å². The fourth-order valence-electron chi connectivity index (χ4n) is 2.47. The molecule has 0 fully saturated rings. The first-order chi connectivity index (χ1) is 7.45. The summed E-state index contributed by atoms with van der Waals surface area (Å²) in [4.78, 5) is 2.44. The molecular formula is C13H16N2. The number of hydrogen-bond acceptors (Lipinski definition) is 2. The second-order valence-electron chi connectivity index (χ2n) is 4.22. The molecule has 2 heteroatoms. The molecule has 0 saturated heterocycles. The summed E-state index contributed by atoms with van der Waals surface area (Å²) < 4.78 is 0. The molecular weight excluding hydrogens is 184 g/mol. The molecule has 0 aliphatic carbocycles. The van der Waals surface area contributed by atoms with Gasteiger partial charge in [0, 0.05) is 25.3 Å². The van der Waals surface area contributed by atoms with Gasteiger partial charge in [-0.1, -0.05) is 24.3 Å². The first kappa shape index (κ1) is 8.98. The Labute approximate surface area is 90.6 Å². The fraction of sp³-hybridized carbons (Fsp3) is 0.385. The van der Waals surface area contributed by atoms with E-state index in [0.29, 0.717) is 0 Å². The largest absolute Gasteiger partial charge is 0.364 e. The molecule has 2 nitrogen and oxygen atoms in total. The highest BCUT2D eigenvalue weighted by molar-refractivity contribution is 5.59. The van der Waals surface area contributed by atoms with Gasteiger partial charge in [-0.3, -0.25) is 0 Å². The lowest BCUT2D eigenvalue weighted by molar-refractivity contribution is 0.642. The van der Waals surface area contributed by atoms with Crippen LogP contribution in [-0.2, 0) is 13.0 Å². The Balaban J connectivity index is 1.99. The van der Waals surface area contributed by atoms with Gasteiger partial charge < -0.3 is 10.2 Å². The molecule has 1 N–H and O–H groups in total. The molecule has 0 aromatic heterocycles. The third-order valence-corrected chi connectivity index (χ3v) is 3.28. The third kappa shape index (κ3) is 1.55. The van der Waals surface area contributed by atoms with Crippen LogP contribution in [0.5, 0.6) is 0 Å². The van der Waals surface area contributed by atoms with E-state index >= 15 is 0 Å². The average molecular weight is 200 g/mol. The highest BCUT2D eigenvalue weighted by Crippen LogP contribution is 2.27. The number of anilines is 1. The second-order valence-corrected chi connectivity index (χ2v) is 4.22. The monoisotopic (exact) mass is 200 g/mol. The highest BCUT2D eigenvalue weighted by atomic mass is 15.1. The van der Waals surface area contributed by atoms with Crippen LogP contribution >= 0.6 is 0 Å². The number of nitrogens with zero attached hydrogens (tertiary/aromatic N) is 1. The lowest BCUT2D eigenvalue weighted by atomic mass is 9.99. The van der Waals surface area contributed by atoms with Crippen molar-refractivity contribution in [1.29, 1.82) is 0 Å². The van der Waals surface area contributed by atoms with Gasteiger partial charge in [0.1, 0.15) is 0 Å². The fourth-order valence-corrected chi connectivity index (χ4v) is 2.47. The number of fused-ring (bicyclic) bond motifs is 1. The topological polar surface area (TPSA) is 15.3 Å². The molecule has 2 aliphatic rings. The predicted molar refractivity (Wildman–Crippen MR) is 63.2 cm³/mol. The molecule has 0 amide bonds. The maximum absolute atomic E-state index is 3.46. The Bertz CT molecular complexity index is 388. The molecule has 1 aromatic rings. The van der Waals surface area contributed by atoms with Crippen molar-refractivity contribution in [3.8, 4) is 0 Å². The molecule has 2 aliphatic heterocycles. The zero-order valence-corrected chi connectivity index (χ0v) is 8.87. The average Bonchev–Trinajstić information content (AvgIpc) is 2.82. The molecule has 0 bridgehead atoms. The lowest BCUT2D eigenvalue weighted by Crippen LogP contribution is -2.28. The van der Waals surface area contributed by atoms with Crippen molar-refractivity contribution in [2.24, 2.45) is 0 Å². The van der Waals surface area contributed by atoms with Gasteiger partial charge >= 0.3 is 0 Å². The van der Waals surface area contributed by atoms with Gasteiger partial charge in [0.05, 0.1) is 0 Å². The Morgan fingerprint density at radius 2 is 2.00 bits per heavy atom. The Hall–Kier alpha value is -1.28. The van der Waals surface area contributed by atoms with Crippen LogP contribution < -0.4 is 10.2 Å². The molecule has 15 heavy (non-hydrogen) atoms. The molecule has 78 valence electrons. The first-order valence-electron chi connectivity index (χ1n) is 5.66. The summed E-state index contributed by atoms with van der Waals surface area (Å²) in [5, 5.41) is 3.46. The summed E-state index contributed by atoms with van der Waals surface area (Å²) in [6.07, 6.45) is 5.66. The van der Waals surface area contributed by atoms with Gasteiger partial charge in [-0.2, -0.15) is 0 Å². The quantitative estimate of drug-likeness (QED) is 0.694. The van der Waals surface area contributed by atoms with Crippen molar-refractivity contribution < 1.29 is 0 Å².